The molecule has 0 radical (unpaired) electrons. The molecule has 7 nitrogen and oxygen atoms in total. The van der Waals surface area contributed by atoms with Gasteiger partial charge in [0.2, 0.25) is 0 Å². The molecular weight excluding hydrogens is 480 g/mol. The van der Waals surface area contributed by atoms with Gasteiger partial charge in [0.1, 0.15) is 17.5 Å². The number of carbonyl (C=O) groups excluding carboxylic acids is 2. The van der Waals surface area contributed by atoms with E-state index in [1.165, 1.54) is 0 Å². The van der Waals surface area contributed by atoms with E-state index < -0.39 is 12.2 Å². The van der Waals surface area contributed by atoms with Crippen molar-refractivity contribution >= 4 is 29.4 Å². The summed E-state index contributed by atoms with van der Waals surface area (Å²) in [5, 5.41) is 7.28. The van der Waals surface area contributed by atoms with Gasteiger partial charge in [-0.15, -0.1) is 0 Å². The SMILES string of the molecule is CCOC(=O)c1ccc(-c2ccc(-c3onc(C)c3NC(=O)O[C@H](C)c3ccccc3Cl)cc2)cc1. The number of anilines is 1. The average Bonchev–Trinajstić information content (AvgIpc) is 3.24. The number of hydrogen-bond donors (Lipinski definition) is 1. The van der Waals surface area contributed by atoms with Crippen LogP contribution in [0.5, 0.6) is 0 Å². The minimum atomic E-state index is -0.645. The normalized spacial score (nSPS) is 11.6. The van der Waals surface area contributed by atoms with Crippen LogP contribution in [0.15, 0.2) is 77.3 Å². The van der Waals surface area contributed by atoms with Crippen LogP contribution >= 0.6 is 11.6 Å². The summed E-state index contributed by atoms with van der Waals surface area (Å²) in [6, 6.07) is 22.0. The molecule has 1 amide bonds. The van der Waals surface area contributed by atoms with Gasteiger partial charge in [0.05, 0.1) is 12.2 Å². The van der Waals surface area contributed by atoms with Gasteiger partial charge < -0.3 is 14.0 Å². The van der Waals surface area contributed by atoms with Crippen LogP contribution in [0.1, 0.15) is 41.6 Å². The monoisotopic (exact) mass is 504 g/mol. The molecule has 0 saturated heterocycles. The largest absolute Gasteiger partial charge is 0.462 e. The van der Waals surface area contributed by atoms with Crippen LogP contribution < -0.4 is 5.32 Å². The maximum absolute atomic E-state index is 12.6. The highest BCUT2D eigenvalue weighted by atomic mass is 35.5. The number of hydrogen-bond acceptors (Lipinski definition) is 6. The third-order valence-electron chi connectivity index (χ3n) is 5.59. The molecule has 0 aliphatic carbocycles. The van der Waals surface area contributed by atoms with Gasteiger partial charge in [-0.1, -0.05) is 71.4 Å². The Morgan fingerprint density at radius 1 is 0.972 bits per heavy atom. The lowest BCUT2D eigenvalue weighted by molar-refractivity contribution is 0.0526. The molecular formula is C28H25ClN2O5. The first-order valence-electron chi connectivity index (χ1n) is 11.4. The molecule has 184 valence electrons. The maximum Gasteiger partial charge on any atom is 0.412 e. The molecule has 0 saturated carbocycles. The highest BCUT2D eigenvalue weighted by Crippen LogP contribution is 2.33. The average molecular weight is 505 g/mol. The predicted molar refractivity (Wildman–Crippen MR) is 138 cm³/mol. The zero-order chi connectivity index (χ0) is 25.7. The molecule has 1 N–H and O–H groups in total. The number of esters is 1. The summed E-state index contributed by atoms with van der Waals surface area (Å²) in [6.07, 6.45) is -1.19. The Morgan fingerprint density at radius 2 is 1.58 bits per heavy atom. The summed E-state index contributed by atoms with van der Waals surface area (Å²) >= 11 is 6.21. The van der Waals surface area contributed by atoms with Gasteiger partial charge in [0.15, 0.2) is 5.76 Å². The molecule has 36 heavy (non-hydrogen) atoms. The Hall–Kier alpha value is -4.10. The third kappa shape index (κ3) is 5.58. The Bertz CT molecular complexity index is 1360. The van der Waals surface area contributed by atoms with Gasteiger partial charge in [-0.3, -0.25) is 5.32 Å². The Labute approximate surface area is 214 Å². The van der Waals surface area contributed by atoms with Gasteiger partial charge in [-0.2, -0.15) is 0 Å². The van der Waals surface area contributed by atoms with Crippen molar-refractivity contribution in [3.63, 3.8) is 0 Å². The van der Waals surface area contributed by atoms with Crippen LogP contribution in [0.25, 0.3) is 22.5 Å². The molecule has 3 aromatic carbocycles. The fraction of sp³-hybridized carbons (Fsp3) is 0.179. The van der Waals surface area contributed by atoms with Crippen LogP contribution in [0.2, 0.25) is 5.02 Å². The molecule has 0 bridgehead atoms. The molecule has 0 aliphatic rings. The number of benzene rings is 3. The van der Waals surface area contributed by atoms with Gasteiger partial charge in [-0.25, -0.2) is 9.59 Å². The van der Waals surface area contributed by atoms with Crippen LogP contribution in [0, 0.1) is 6.92 Å². The first-order valence-corrected chi connectivity index (χ1v) is 11.8. The van der Waals surface area contributed by atoms with E-state index in [0.29, 0.717) is 39.9 Å². The van der Waals surface area contributed by atoms with E-state index in [4.69, 9.17) is 25.6 Å². The van der Waals surface area contributed by atoms with Crippen molar-refractivity contribution in [3.8, 4) is 22.5 Å². The number of aromatic nitrogens is 1. The van der Waals surface area contributed by atoms with E-state index in [1.807, 2.05) is 54.6 Å². The van der Waals surface area contributed by atoms with Gasteiger partial charge in [0.25, 0.3) is 0 Å². The number of halogens is 1. The summed E-state index contributed by atoms with van der Waals surface area (Å²) in [5.41, 5.74) is 4.79. The van der Waals surface area contributed by atoms with Gasteiger partial charge >= 0.3 is 12.1 Å². The number of aryl methyl sites for hydroxylation is 1. The van der Waals surface area contributed by atoms with Crippen molar-refractivity contribution in [1.29, 1.82) is 0 Å². The molecule has 1 atom stereocenters. The van der Waals surface area contributed by atoms with Crippen molar-refractivity contribution in [2.45, 2.75) is 26.9 Å². The van der Waals surface area contributed by atoms with E-state index in [1.54, 1.807) is 39.0 Å². The molecule has 0 unspecified atom stereocenters. The topological polar surface area (TPSA) is 90.7 Å². The highest BCUT2D eigenvalue weighted by Gasteiger charge is 2.20. The van der Waals surface area contributed by atoms with Gasteiger partial charge in [0, 0.05) is 16.1 Å². The zero-order valence-corrected chi connectivity index (χ0v) is 20.8. The molecule has 4 aromatic rings. The lowest BCUT2D eigenvalue weighted by Crippen LogP contribution is -2.17. The Morgan fingerprint density at radius 3 is 2.22 bits per heavy atom. The van der Waals surface area contributed by atoms with Gasteiger partial charge in [-0.05, 0) is 50.1 Å². The molecule has 1 aromatic heterocycles. The van der Waals surface area contributed by atoms with Crippen molar-refractivity contribution in [1.82, 2.24) is 5.16 Å². The second-order valence-corrected chi connectivity index (χ2v) is 8.45. The first kappa shape index (κ1) is 25.0. The zero-order valence-electron chi connectivity index (χ0n) is 20.1. The van der Waals surface area contributed by atoms with Crippen molar-refractivity contribution < 1.29 is 23.6 Å². The van der Waals surface area contributed by atoms with Crippen molar-refractivity contribution in [3.05, 3.63) is 94.6 Å². The van der Waals surface area contributed by atoms with Crippen LogP contribution in [0.4, 0.5) is 10.5 Å². The second kappa shape index (κ2) is 11.1. The fourth-order valence-corrected chi connectivity index (χ4v) is 3.99. The van der Waals surface area contributed by atoms with E-state index in [9.17, 15) is 9.59 Å². The fourth-order valence-electron chi connectivity index (χ4n) is 3.70. The minimum Gasteiger partial charge on any atom is -0.462 e. The predicted octanol–water partition coefficient (Wildman–Crippen LogP) is 7.46. The summed E-state index contributed by atoms with van der Waals surface area (Å²) in [5.74, 6) is 0.0685. The quantitative estimate of drug-likeness (QED) is 0.263. The number of amides is 1. The van der Waals surface area contributed by atoms with Crippen molar-refractivity contribution in [2.75, 3.05) is 11.9 Å². The Balaban J connectivity index is 1.48. The molecule has 0 spiro atoms. The molecule has 4 rings (SSSR count). The van der Waals surface area contributed by atoms with E-state index >= 15 is 0 Å². The van der Waals surface area contributed by atoms with Crippen LogP contribution in [-0.2, 0) is 9.47 Å². The van der Waals surface area contributed by atoms with E-state index in [2.05, 4.69) is 10.5 Å². The summed E-state index contributed by atoms with van der Waals surface area (Å²) in [4.78, 5) is 24.5. The van der Waals surface area contributed by atoms with Crippen LogP contribution in [0.3, 0.4) is 0 Å². The second-order valence-electron chi connectivity index (χ2n) is 8.04. The smallest absolute Gasteiger partial charge is 0.412 e. The van der Waals surface area contributed by atoms with E-state index in [0.717, 1.165) is 16.7 Å². The number of rotatable bonds is 7. The van der Waals surface area contributed by atoms with Crippen LogP contribution in [-0.4, -0.2) is 23.8 Å². The minimum absolute atomic E-state index is 0.331. The summed E-state index contributed by atoms with van der Waals surface area (Å²) in [6.45, 7) is 5.59. The number of ether oxygens (including phenoxy) is 2. The van der Waals surface area contributed by atoms with Crippen molar-refractivity contribution in [2.24, 2.45) is 0 Å². The molecule has 0 fully saturated rings. The number of nitrogens with zero attached hydrogens (tertiary/aromatic N) is 1. The summed E-state index contributed by atoms with van der Waals surface area (Å²) < 4.78 is 16.1. The summed E-state index contributed by atoms with van der Waals surface area (Å²) in [7, 11) is 0. The maximum atomic E-state index is 12.6. The first-order chi connectivity index (χ1) is 17.4. The number of carbonyl (C=O) groups is 2. The Kier molecular flexibility index (Phi) is 7.71. The highest BCUT2D eigenvalue weighted by molar-refractivity contribution is 6.31. The third-order valence-corrected chi connectivity index (χ3v) is 5.94. The van der Waals surface area contributed by atoms with E-state index in [-0.39, 0.29) is 5.97 Å². The number of nitrogens with one attached hydrogen (secondary N) is 1. The lowest BCUT2D eigenvalue weighted by Gasteiger charge is -2.15. The molecule has 8 heteroatoms. The lowest BCUT2D eigenvalue weighted by atomic mass is 10.0. The molecule has 0 aliphatic heterocycles. The standard InChI is InChI=1S/C28H25ClN2O5/c1-4-34-27(32)22-15-11-20(12-16-22)19-9-13-21(14-10-19)26-25(17(2)31-36-26)30-28(33)35-18(3)23-7-5-6-8-24(23)29/h5-16,18H,4H2,1-3H3,(H,30,33)/t18-/m1/s1. The molecule has 1 heterocycles.